The summed E-state index contributed by atoms with van der Waals surface area (Å²) in [5.74, 6) is 0.336. The molecule has 0 saturated heterocycles. The quantitative estimate of drug-likeness (QED) is 0.672. The molecule has 1 unspecified atom stereocenters. The van der Waals surface area contributed by atoms with Gasteiger partial charge in [-0.05, 0) is 38.0 Å². The molecule has 2 rings (SSSR count). The van der Waals surface area contributed by atoms with Crippen molar-refractivity contribution in [1.82, 2.24) is 15.0 Å². The molecule has 2 aromatic rings. The number of halogens is 3. The van der Waals surface area contributed by atoms with Crippen LogP contribution in [0.25, 0.3) is 0 Å². The van der Waals surface area contributed by atoms with E-state index < -0.39 is 28.8 Å². The van der Waals surface area contributed by atoms with Crippen LogP contribution in [0.2, 0.25) is 0 Å². The van der Waals surface area contributed by atoms with Crippen LogP contribution in [0, 0.1) is 20.8 Å². The molecule has 160 valence electrons. The van der Waals surface area contributed by atoms with Gasteiger partial charge in [0.05, 0.1) is 17.7 Å². The number of hydrogen-bond acceptors (Lipinski definition) is 5. The molecular formula is C19H24F3N3O3S. The van der Waals surface area contributed by atoms with E-state index in [9.17, 15) is 21.6 Å². The predicted octanol–water partition coefficient (Wildman–Crippen LogP) is 3.01. The lowest BCUT2D eigenvalue weighted by Gasteiger charge is -2.23. The molecule has 0 aliphatic rings. The third-order valence-electron chi connectivity index (χ3n) is 4.21. The number of alkyl halides is 3. The normalized spacial score (nSPS) is 13.3. The van der Waals surface area contributed by atoms with E-state index in [2.05, 4.69) is 10.3 Å². The number of pyridine rings is 1. The lowest BCUT2D eigenvalue weighted by molar-refractivity contribution is -0.150. The summed E-state index contributed by atoms with van der Waals surface area (Å²) in [6, 6.07) is 5.85. The van der Waals surface area contributed by atoms with E-state index in [1.54, 1.807) is 55.8 Å². The molecular weight excluding hydrogens is 407 g/mol. The SMILES string of the molecule is COc1cccc(CNCC(NS(=O)(=O)c2c(C)cc(C)cc2C)C(F)(F)F)n1. The fourth-order valence-corrected chi connectivity index (χ4v) is 4.75. The summed E-state index contributed by atoms with van der Waals surface area (Å²) in [6.07, 6.45) is -4.77. The first kappa shape index (κ1) is 23.1. The molecule has 0 aliphatic carbocycles. The summed E-state index contributed by atoms with van der Waals surface area (Å²) in [6.45, 7) is 4.28. The zero-order valence-corrected chi connectivity index (χ0v) is 17.4. The number of hydrogen-bond donors (Lipinski definition) is 2. The third-order valence-corrected chi connectivity index (χ3v) is 5.99. The molecule has 1 aromatic carbocycles. The summed E-state index contributed by atoms with van der Waals surface area (Å²) < 4.78 is 72.6. The van der Waals surface area contributed by atoms with Crippen molar-refractivity contribution in [3.05, 3.63) is 52.7 Å². The van der Waals surface area contributed by atoms with Crippen molar-refractivity contribution in [2.24, 2.45) is 0 Å². The number of ether oxygens (including phenoxy) is 1. The number of aryl methyl sites for hydroxylation is 3. The topological polar surface area (TPSA) is 80.3 Å². The average molecular weight is 431 g/mol. The van der Waals surface area contributed by atoms with Gasteiger partial charge in [0.2, 0.25) is 15.9 Å². The van der Waals surface area contributed by atoms with Gasteiger partial charge >= 0.3 is 6.18 Å². The van der Waals surface area contributed by atoms with Gasteiger partial charge in [-0.2, -0.15) is 17.9 Å². The zero-order chi connectivity index (χ0) is 21.8. The Kier molecular flexibility index (Phi) is 7.25. The van der Waals surface area contributed by atoms with Gasteiger partial charge in [-0.3, -0.25) is 0 Å². The van der Waals surface area contributed by atoms with E-state index in [1.165, 1.54) is 7.11 Å². The molecule has 29 heavy (non-hydrogen) atoms. The lowest BCUT2D eigenvalue weighted by Crippen LogP contribution is -2.51. The Labute approximate surface area is 168 Å². The molecule has 0 fully saturated rings. The maximum atomic E-state index is 13.5. The van der Waals surface area contributed by atoms with Crippen LogP contribution in [-0.2, 0) is 16.6 Å². The molecule has 2 N–H and O–H groups in total. The molecule has 0 saturated carbocycles. The molecule has 0 amide bonds. The van der Waals surface area contributed by atoms with Crippen LogP contribution in [0.5, 0.6) is 5.88 Å². The maximum absolute atomic E-state index is 13.5. The van der Waals surface area contributed by atoms with Gasteiger partial charge in [0.1, 0.15) is 6.04 Å². The monoisotopic (exact) mass is 431 g/mol. The second kappa shape index (κ2) is 9.10. The molecule has 1 atom stereocenters. The van der Waals surface area contributed by atoms with Crippen LogP contribution in [0.3, 0.4) is 0 Å². The Morgan fingerprint density at radius 1 is 1.14 bits per heavy atom. The molecule has 10 heteroatoms. The molecule has 0 radical (unpaired) electrons. The minimum absolute atomic E-state index is 0.0219. The number of benzene rings is 1. The second-order valence-electron chi connectivity index (χ2n) is 6.75. The first-order valence-electron chi connectivity index (χ1n) is 8.81. The van der Waals surface area contributed by atoms with Crippen molar-refractivity contribution < 1.29 is 26.3 Å². The van der Waals surface area contributed by atoms with Crippen molar-refractivity contribution in [1.29, 1.82) is 0 Å². The fourth-order valence-electron chi connectivity index (χ4n) is 3.08. The van der Waals surface area contributed by atoms with E-state index in [4.69, 9.17) is 4.74 Å². The van der Waals surface area contributed by atoms with Crippen molar-refractivity contribution in [2.75, 3.05) is 13.7 Å². The Balaban J connectivity index is 2.16. The largest absolute Gasteiger partial charge is 0.481 e. The van der Waals surface area contributed by atoms with Gasteiger partial charge in [-0.25, -0.2) is 13.4 Å². The molecule has 6 nitrogen and oxygen atoms in total. The van der Waals surface area contributed by atoms with Gasteiger partial charge in [0.25, 0.3) is 0 Å². The van der Waals surface area contributed by atoms with Crippen LogP contribution in [0.4, 0.5) is 13.2 Å². The number of nitrogens with one attached hydrogen (secondary N) is 2. The Morgan fingerprint density at radius 2 is 1.76 bits per heavy atom. The van der Waals surface area contributed by atoms with E-state index in [0.29, 0.717) is 22.7 Å². The Morgan fingerprint density at radius 3 is 2.31 bits per heavy atom. The van der Waals surface area contributed by atoms with Crippen LogP contribution >= 0.6 is 0 Å². The van der Waals surface area contributed by atoms with E-state index in [-0.39, 0.29) is 11.4 Å². The molecule has 0 aliphatic heterocycles. The highest BCUT2D eigenvalue weighted by molar-refractivity contribution is 7.89. The summed E-state index contributed by atoms with van der Waals surface area (Å²) in [5.41, 5.74) is 2.09. The van der Waals surface area contributed by atoms with Gasteiger partial charge in [0, 0.05) is 19.2 Å². The average Bonchev–Trinajstić information content (AvgIpc) is 2.59. The molecule has 1 heterocycles. The van der Waals surface area contributed by atoms with Gasteiger partial charge in [0.15, 0.2) is 0 Å². The predicted molar refractivity (Wildman–Crippen MR) is 103 cm³/mol. The van der Waals surface area contributed by atoms with E-state index in [0.717, 1.165) is 5.56 Å². The molecule has 0 bridgehead atoms. The summed E-state index contributed by atoms with van der Waals surface area (Å²) in [4.78, 5) is 3.97. The highest BCUT2D eigenvalue weighted by Gasteiger charge is 2.42. The summed E-state index contributed by atoms with van der Waals surface area (Å²) in [5, 5.41) is 2.61. The first-order chi connectivity index (χ1) is 13.4. The highest BCUT2D eigenvalue weighted by atomic mass is 32.2. The number of aromatic nitrogens is 1. The van der Waals surface area contributed by atoms with Crippen molar-refractivity contribution in [3.8, 4) is 5.88 Å². The Hall–Kier alpha value is -2.17. The number of sulfonamides is 1. The van der Waals surface area contributed by atoms with Crippen molar-refractivity contribution in [2.45, 2.75) is 44.4 Å². The molecule has 1 aromatic heterocycles. The van der Waals surface area contributed by atoms with Gasteiger partial charge < -0.3 is 10.1 Å². The van der Waals surface area contributed by atoms with Gasteiger partial charge in [-0.15, -0.1) is 0 Å². The summed E-state index contributed by atoms with van der Waals surface area (Å²) in [7, 11) is -2.94. The van der Waals surface area contributed by atoms with Crippen LogP contribution < -0.4 is 14.8 Å². The second-order valence-corrected chi connectivity index (χ2v) is 8.40. The number of rotatable bonds is 8. The van der Waals surface area contributed by atoms with Crippen LogP contribution in [0.15, 0.2) is 35.2 Å². The number of methoxy groups -OCH3 is 1. The van der Waals surface area contributed by atoms with Crippen molar-refractivity contribution >= 4 is 10.0 Å². The zero-order valence-electron chi connectivity index (χ0n) is 16.6. The standard InChI is InChI=1S/C19H24F3N3O3S/c1-12-8-13(2)18(14(3)9-12)29(26,27)25-16(19(20,21)22)11-23-10-15-6-5-7-17(24-15)28-4/h5-9,16,23,25H,10-11H2,1-4H3. The summed E-state index contributed by atoms with van der Waals surface area (Å²) >= 11 is 0. The number of nitrogens with zero attached hydrogens (tertiary/aromatic N) is 1. The first-order valence-corrected chi connectivity index (χ1v) is 10.3. The van der Waals surface area contributed by atoms with Crippen LogP contribution in [0.1, 0.15) is 22.4 Å². The van der Waals surface area contributed by atoms with Crippen molar-refractivity contribution in [3.63, 3.8) is 0 Å². The smallest absolute Gasteiger partial charge is 0.406 e. The Bertz CT molecular complexity index is 940. The maximum Gasteiger partial charge on any atom is 0.406 e. The lowest BCUT2D eigenvalue weighted by atomic mass is 10.1. The minimum Gasteiger partial charge on any atom is -0.481 e. The fraction of sp³-hybridized carbons (Fsp3) is 0.421. The van der Waals surface area contributed by atoms with E-state index >= 15 is 0 Å². The minimum atomic E-state index is -4.77. The highest BCUT2D eigenvalue weighted by Crippen LogP contribution is 2.25. The third kappa shape index (κ3) is 6.15. The van der Waals surface area contributed by atoms with Crippen LogP contribution in [-0.4, -0.2) is 39.3 Å². The van der Waals surface area contributed by atoms with E-state index in [1.807, 2.05) is 0 Å². The van der Waals surface area contributed by atoms with Gasteiger partial charge in [-0.1, -0.05) is 23.8 Å². The molecule has 0 spiro atoms.